The first-order chi connectivity index (χ1) is 7.26. The molecular formula is C11H16N2O2. The molecule has 1 aromatic rings. The van der Waals surface area contributed by atoms with Gasteiger partial charge in [-0.1, -0.05) is 0 Å². The second-order valence-electron chi connectivity index (χ2n) is 2.90. The van der Waals surface area contributed by atoms with Crippen LogP contribution in [0.5, 0.6) is 5.75 Å². The van der Waals surface area contributed by atoms with E-state index in [0.29, 0.717) is 5.76 Å². The maximum Gasteiger partial charge on any atom is 0.145 e. The molecule has 0 amide bonds. The normalized spacial score (nSPS) is 11.0. The Balaban J connectivity index is 3.18. The Morgan fingerprint density at radius 1 is 1.40 bits per heavy atom. The highest BCUT2D eigenvalue weighted by Gasteiger charge is 2.08. The van der Waals surface area contributed by atoms with Crippen LogP contribution in [0.2, 0.25) is 0 Å². The molecule has 0 aromatic heterocycles. The average Bonchev–Trinajstić information content (AvgIpc) is 2.31. The van der Waals surface area contributed by atoms with Crippen molar-refractivity contribution < 1.29 is 9.47 Å². The van der Waals surface area contributed by atoms with Crippen LogP contribution in [0.25, 0.3) is 5.76 Å². The molecule has 0 fully saturated rings. The van der Waals surface area contributed by atoms with Gasteiger partial charge in [-0.3, -0.25) is 0 Å². The van der Waals surface area contributed by atoms with E-state index in [4.69, 9.17) is 15.2 Å². The summed E-state index contributed by atoms with van der Waals surface area (Å²) >= 11 is 0. The molecule has 3 N–H and O–H groups in total. The van der Waals surface area contributed by atoms with Crippen LogP contribution in [0.4, 0.5) is 5.69 Å². The smallest absolute Gasteiger partial charge is 0.145 e. The average molecular weight is 208 g/mol. The molecule has 0 spiro atoms. The predicted octanol–water partition coefficient (Wildman–Crippen LogP) is 1.64. The molecule has 0 heterocycles. The highest BCUT2D eigenvalue weighted by molar-refractivity contribution is 5.68. The van der Waals surface area contributed by atoms with Crippen LogP contribution >= 0.6 is 0 Å². The number of nitrogens with one attached hydrogen (secondary N) is 1. The molecule has 0 radical (unpaired) electrons. The van der Waals surface area contributed by atoms with Gasteiger partial charge in [0.25, 0.3) is 0 Å². The molecule has 4 nitrogen and oxygen atoms in total. The molecular weight excluding hydrogens is 192 g/mol. The Kier molecular flexibility index (Phi) is 3.85. The van der Waals surface area contributed by atoms with E-state index in [1.54, 1.807) is 14.2 Å². The first kappa shape index (κ1) is 11.2. The van der Waals surface area contributed by atoms with E-state index in [1.807, 2.05) is 25.2 Å². The molecule has 82 valence electrons. The highest BCUT2D eigenvalue weighted by Crippen LogP contribution is 2.28. The molecule has 0 bridgehead atoms. The third kappa shape index (κ3) is 2.34. The lowest BCUT2D eigenvalue weighted by Crippen LogP contribution is -1.97. The van der Waals surface area contributed by atoms with Gasteiger partial charge in [-0.05, 0) is 12.1 Å². The van der Waals surface area contributed by atoms with E-state index in [0.717, 1.165) is 17.0 Å². The van der Waals surface area contributed by atoms with E-state index in [9.17, 15) is 0 Å². The number of hydrogen-bond donors (Lipinski definition) is 2. The molecule has 0 atom stereocenters. The fourth-order valence-corrected chi connectivity index (χ4v) is 1.32. The molecule has 0 unspecified atom stereocenters. The topological polar surface area (TPSA) is 56.5 Å². The maximum atomic E-state index is 5.45. The number of nitrogens with two attached hydrogens (primary N) is 1. The summed E-state index contributed by atoms with van der Waals surface area (Å²) < 4.78 is 10.4. The first-order valence-corrected chi connectivity index (χ1v) is 4.58. The van der Waals surface area contributed by atoms with Crippen molar-refractivity contribution in [2.24, 2.45) is 5.73 Å². The molecule has 0 saturated heterocycles. The number of rotatable bonds is 4. The number of hydrogen-bond acceptors (Lipinski definition) is 4. The summed E-state index contributed by atoms with van der Waals surface area (Å²) in [7, 11) is 5.04. The van der Waals surface area contributed by atoms with Crippen molar-refractivity contribution in [2.45, 2.75) is 0 Å². The van der Waals surface area contributed by atoms with Gasteiger partial charge in [0, 0.05) is 25.0 Å². The maximum absolute atomic E-state index is 5.45. The summed E-state index contributed by atoms with van der Waals surface area (Å²) in [6, 6.07) is 5.71. The van der Waals surface area contributed by atoms with E-state index in [-0.39, 0.29) is 0 Å². The van der Waals surface area contributed by atoms with Crippen molar-refractivity contribution in [3.63, 3.8) is 0 Å². The van der Waals surface area contributed by atoms with Crippen LogP contribution in [0.1, 0.15) is 5.56 Å². The number of anilines is 1. The Morgan fingerprint density at radius 2 is 2.13 bits per heavy atom. The third-order valence-electron chi connectivity index (χ3n) is 2.13. The van der Waals surface area contributed by atoms with Crippen molar-refractivity contribution in [1.29, 1.82) is 0 Å². The number of methoxy groups -OCH3 is 2. The monoisotopic (exact) mass is 208 g/mol. The van der Waals surface area contributed by atoms with Crippen molar-refractivity contribution >= 4 is 11.4 Å². The molecule has 0 aliphatic rings. The lowest BCUT2D eigenvalue weighted by atomic mass is 10.1. The molecule has 0 saturated carbocycles. The molecule has 1 rings (SSSR count). The van der Waals surface area contributed by atoms with Crippen molar-refractivity contribution in [3.8, 4) is 5.75 Å². The molecule has 1 aromatic carbocycles. The number of ether oxygens (including phenoxy) is 2. The van der Waals surface area contributed by atoms with Gasteiger partial charge in [-0.2, -0.15) is 0 Å². The SMILES string of the molecule is CNc1ccc(/C(=C/N)OC)c(OC)c1. The lowest BCUT2D eigenvalue weighted by molar-refractivity contribution is 0.361. The van der Waals surface area contributed by atoms with Gasteiger partial charge in [-0.25, -0.2) is 0 Å². The Bertz CT molecular complexity index is 362. The zero-order chi connectivity index (χ0) is 11.3. The minimum Gasteiger partial charge on any atom is -0.496 e. The van der Waals surface area contributed by atoms with Crippen molar-refractivity contribution in [1.82, 2.24) is 0 Å². The van der Waals surface area contributed by atoms with Gasteiger partial charge in [0.2, 0.25) is 0 Å². The van der Waals surface area contributed by atoms with Crippen LogP contribution < -0.4 is 15.8 Å². The Hall–Kier alpha value is -1.84. The first-order valence-electron chi connectivity index (χ1n) is 4.58. The molecule has 15 heavy (non-hydrogen) atoms. The Morgan fingerprint density at radius 3 is 2.60 bits per heavy atom. The zero-order valence-electron chi connectivity index (χ0n) is 9.20. The van der Waals surface area contributed by atoms with Gasteiger partial charge in [-0.15, -0.1) is 0 Å². The van der Waals surface area contributed by atoms with Crippen molar-refractivity contribution in [2.75, 3.05) is 26.6 Å². The standard InChI is InChI=1S/C11H16N2O2/c1-13-8-4-5-9(10(6-8)14-2)11(7-12)15-3/h4-7,13H,12H2,1-3H3/b11-7-. The second-order valence-corrected chi connectivity index (χ2v) is 2.90. The van der Waals surface area contributed by atoms with E-state index >= 15 is 0 Å². The van der Waals surface area contributed by atoms with E-state index in [1.165, 1.54) is 6.20 Å². The summed E-state index contributed by atoms with van der Waals surface area (Å²) in [6.07, 6.45) is 1.41. The lowest BCUT2D eigenvalue weighted by Gasteiger charge is -2.12. The molecule has 4 heteroatoms. The summed E-state index contributed by atoms with van der Waals surface area (Å²) in [4.78, 5) is 0. The van der Waals surface area contributed by atoms with Crippen LogP contribution in [-0.2, 0) is 4.74 Å². The van der Waals surface area contributed by atoms with Crippen LogP contribution in [0.15, 0.2) is 24.4 Å². The third-order valence-corrected chi connectivity index (χ3v) is 2.13. The van der Waals surface area contributed by atoms with Gasteiger partial charge in [0.15, 0.2) is 0 Å². The second kappa shape index (κ2) is 5.14. The zero-order valence-corrected chi connectivity index (χ0v) is 9.20. The summed E-state index contributed by atoms with van der Waals surface area (Å²) in [6.45, 7) is 0. The van der Waals surface area contributed by atoms with Gasteiger partial charge >= 0.3 is 0 Å². The summed E-state index contributed by atoms with van der Waals surface area (Å²) in [5.74, 6) is 1.31. The summed E-state index contributed by atoms with van der Waals surface area (Å²) in [5, 5.41) is 3.03. The summed E-state index contributed by atoms with van der Waals surface area (Å²) in [5.41, 5.74) is 7.26. The van der Waals surface area contributed by atoms with Gasteiger partial charge in [0.05, 0.1) is 19.8 Å². The molecule has 0 aliphatic heterocycles. The highest BCUT2D eigenvalue weighted by atomic mass is 16.5. The van der Waals surface area contributed by atoms with Crippen LogP contribution in [0, 0.1) is 0 Å². The van der Waals surface area contributed by atoms with Gasteiger partial charge < -0.3 is 20.5 Å². The molecule has 0 aliphatic carbocycles. The Labute approximate surface area is 89.7 Å². The fourth-order valence-electron chi connectivity index (χ4n) is 1.32. The minimum absolute atomic E-state index is 0.592. The fraction of sp³-hybridized carbons (Fsp3) is 0.273. The quantitative estimate of drug-likeness (QED) is 0.738. The number of benzene rings is 1. The van der Waals surface area contributed by atoms with Crippen molar-refractivity contribution in [3.05, 3.63) is 30.0 Å². The van der Waals surface area contributed by atoms with E-state index in [2.05, 4.69) is 5.32 Å². The van der Waals surface area contributed by atoms with Crippen LogP contribution in [-0.4, -0.2) is 21.3 Å². The van der Waals surface area contributed by atoms with E-state index < -0.39 is 0 Å². The van der Waals surface area contributed by atoms with Crippen LogP contribution in [0.3, 0.4) is 0 Å². The van der Waals surface area contributed by atoms with Gasteiger partial charge in [0.1, 0.15) is 11.5 Å². The largest absolute Gasteiger partial charge is 0.496 e. The predicted molar refractivity (Wildman–Crippen MR) is 61.7 cm³/mol. The minimum atomic E-state index is 0.592.